The Kier molecular flexibility index (Phi) is 4.26. The van der Waals surface area contributed by atoms with Gasteiger partial charge in [0.15, 0.2) is 0 Å². The highest BCUT2D eigenvalue weighted by molar-refractivity contribution is 5.42. The highest BCUT2D eigenvalue weighted by Gasteiger charge is 1.91. The van der Waals surface area contributed by atoms with E-state index >= 15 is 0 Å². The van der Waals surface area contributed by atoms with E-state index in [4.69, 9.17) is 4.74 Å². The van der Waals surface area contributed by atoms with Crippen molar-refractivity contribution in [3.05, 3.63) is 30.1 Å². The molecule has 0 fully saturated rings. The fraction of sp³-hybridized carbons (Fsp3) is 0.400. The van der Waals surface area contributed by atoms with Crippen molar-refractivity contribution in [3.63, 3.8) is 0 Å². The second-order valence-electron chi connectivity index (χ2n) is 2.78. The van der Waals surface area contributed by atoms with E-state index in [1.54, 1.807) is 19.2 Å². The van der Waals surface area contributed by atoms with Gasteiger partial charge in [-0.2, -0.15) is 0 Å². The molecule has 0 spiro atoms. The van der Waals surface area contributed by atoms with Crippen LogP contribution in [0.2, 0.25) is 0 Å². The van der Waals surface area contributed by atoms with E-state index in [1.165, 1.54) is 12.1 Å². The van der Waals surface area contributed by atoms with Crippen molar-refractivity contribution in [3.8, 4) is 0 Å². The lowest BCUT2D eigenvalue weighted by Crippen LogP contribution is -2.04. The number of hydrogen-bond acceptors (Lipinski definition) is 2. The molecular formula is C10H14FNO. The van der Waals surface area contributed by atoms with Crippen LogP contribution in [0, 0.1) is 5.82 Å². The van der Waals surface area contributed by atoms with Crippen molar-refractivity contribution in [1.82, 2.24) is 0 Å². The standard InChI is InChI=1S/C10H14FNO/c1-13-8-2-7-12-10-5-3-9(11)4-6-10/h3-6,12H,2,7-8H2,1H3. The highest BCUT2D eigenvalue weighted by atomic mass is 19.1. The molecule has 0 radical (unpaired) electrons. The second-order valence-corrected chi connectivity index (χ2v) is 2.78. The maximum absolute atomic E-state index is 12.5. The fourth-order valence-corrected chi connectivity index (χ4v) is 1.02. The van der Waals surface area contributed by atoms with Gasteiger partial charge < -0.3 is 10.1 Å². The first-order valence-electron chi connectivity index (χ1n) is 4.31. The molecule has 13 heavy (non-hydrogen) atoms. The summed E-state index contributed by atoms with van der Waals surface area (Å²) in [7, 11) is 1.68. The molecule has 0 atom stereocenters. The summed E-state index contributed by atoms with van der Waals surface area (Å²) in [6.07, 6.45) is 0.952. The molecule has 1 N–H and O–H groups in total. The lowest BCUT2D eigenvalue weighted by molar-refractivity contribution is 0.198. The smallest absolute Gasteiger partial charge is 0.123 e. The van der Waals surface area contributed by atoms with Crippen LogP contribution in [0.25, 0.3) is 0 Å². The van der Waals surface area contributed by atoms with E-state index in [-0.39, 0.29) is 5.82 Å². The molecule has 0 aromatic heterocycles. The Hall–Kier alpha value is -1.09. The summed E-state index contributed by atoms with van der Waals surface area (Å²) in [5.74, 6) is -0.206. The number of anilines is 1. The van der Waals surface area contributed by atoms with Gasteiger partial charge in [-0.25, -0.2) is 4.39 Å². The van der Waals surface area contributed by atoms with Gasteiger partial charge in [0.2, 0.25) is 0 Å². The summed E-state index contributed by atoms with van der Waals surface area (Å²) in [6.45, 7) is 1.59. The maximum Gasteiger partial charge on any atom is 0.123 e. The molecule has 1 aromatic carbocycles. The minimum Gasteiger partial charge on any atom is -0.385 e. The van der Waals surface area contributed by atoms with Crippen molar-refractivity contribution in [2.24, 2.45) is 0 Å². The average molecular weight is 183 g/mol. The van der Waals surface area contributed by atoms with Crippen molar-refractivity contribution in [1.29, 1.82) is 0 Å². The Morgan fingerprint density at radius 1 is 1.31 bits per heavy atom. The minimum atomic E-state index is -0.206. The van der Waals surface area contributed by atoms with Gasteiger partial charge in [-0.1, -0.05) is 0 Å². The largest absolute Gasteiger partial charge is 0.385 e. The van der Waals surface area contributed by atoms with Crippen LogP contribution in [0.5, 0.6) is 0 Å². The molecule has 0 amide bonds. The quantitative estimate of drug-likeness (QED) is 0.707. The SMILES string of the molecule is COCCCNc1ccc(F)cc1. The third kappa shape index (κ3) is 3.90. The molecule has 0 saturated carbocycles. The van der Waals surface area contributed by atoms with Crippen molar-refractivity contribution < 1.29 is 9.13 Å². The molecule has 3 heteroatoms. The van der Waals surface area contributed by atoms with Crippen LogP contribution in [0.15, 0.2) is 24.3 Å². The van der Waals surface area contributed by atoms with Crippen LogP contribution in [0.4, 0.5) is 10.1 Å². The first-order chi connectivity index (χ1) is 6.33. The van der Waals surface area contributed by atoms with E-state index in [0.29, 0.717) is 0 Å². The molecule has 0 unspecified atom stereocenters. The van der Waals surface area contributed by atoms with E-state index in [9.17, 15) is 4.39 Å². The van der Waals surface area contributed by atoms with E-state index in [0.717, 1.165) is 25.3 Å². The van der Waals surface area contributed by atoms with Gasteiger partial charge >= 0.3 is 0 Å². The van der Waals surface area contributed by atoms with Crippen molar-refractivity contribution in [2.45, 2.75) is 6.42 Å². The molecule has 0 aliphatic carbocycles. The first kappa shape index (κ1) is 9.99. The Balaban J connectivity index is 2.25. The number of ether oxygens (including phenoxy) is 1. The number of hydrogen-bond donors (Lipinski definition) is 1. The van der Waals surface area contributed by atoms with Crippen LogP contribution < -0.4 is 5.32 Å². The number of halogens is 1. The van der Waals surface area contributed by atoms with Crippen LogP contribution in [-0.2, 0) is 4.74 Å². The number of methoxy groups -OCH3 is 1. The lowest BCUT2D eigenvalue weighted by atomic mass is 10.3. The van der Waals surface area contributed by atoms with Gasteiger partial charge in [-0.15, -0.1) is 0 Å². The molecule has 2 nitrogen and oxygen atoms in total. The molecule has 72 valence electrons. The summed E-state index contributed by atoms with van der Waals surface area (Å²) >= 11 is 0. The van der Waals surface area contributed by atoms with E-state index in [1.807, 2.05) is 0 Å². The summed E-state index contributed by atoms with van der Waals surface area (Å²) in [5, 5.41) is 3.16. The van der Waals surface area contributed by atoms with E-state index < -0.39 is 0 Å². The van der Waals surface area contributed by atoms with E-state index in [2.05, 4.69) is 5.32 Å². The second kappa shape index (κ2) is 5.54. The van der Waals surface area contributed by atoms with Gasteiger partial charge in [0.05, 0.1) is 0 Å². The molecule has 0 aliphatic heterocycles. The monoisotopic (exact) mass is 183 g/mol. The summed E-state index contributed by atoms with van der Waals surface area (Å²) in [4.78, 5) is 0. The average Bonchev–Trinajstić information content (AvgIpc) is 2.15. The van der Waals surface area contributed by atoms with Crippen LogP contribution in [0.3, 0.4) is 0 Å². The number of benzene rings is 1. The van der Waals surface area contributed by atoms with Gasteiger partial charge in [0, 0.05) is 25.9 Å². The Morgan fingerprint density at radius 3 is 2.62 bits per heavy atom. The summed E-state index contributed by atoms with van der Waals surface area (Å²) in [6, 6.07) is 6.33. The Labute approximate surface area is 77.7 Å². The summed E-state index contributed by atoms with van der Waals surface area (Å²) < 4.78 is 17.4. The zero-order chi connectivity index (χ0) is 9.52. The zero-order valence-corrected chi connectivity index (χ0v) is 7.72. The number of rotatable bonds is 5. The number of nitrogens with one attached hydrogen (secondary N) is 1. The highest BCUT2D eigenvalue weighted by Crippen LogP contribution is 2.07. The van der Waals surface area contributed by atoms with Gasteiger partial charge in [-0.3, -0.25) is 0 Å². The Bertz CT molecular complexity index is 235. The molecule has 1 rings (SSSR count). The molecule has 0 bridgehead atoms. The van der Waals surface area contributed by atoms with Gasteiger partial charge in [0.25, 0.3) is 0 Å². The van der Waals surface area contributed by atoms with Crippen molar-refractivity contribution in [2.75, 3.05) is 25.6 Å². The molecule has 0 heterocycles. The first-order valence-corrected chi connectivity index (χ1v) is 4.31. The van der Waals surface area contributed by atoms with Crippen LogP contribution in [-0.4, -0.2) is 20.3 Å². The molecule has 0 aliphatic rings. The normalized spacial score (nSPS) is 10.0. The maximum atomic E-state index is 12.5. The predicted molar refractivity (Wildman–Crippen MR) is 51.4 cm³/mol. The van der Waals surface area contributed by atoms with Crippen LogP contribution >= 0.6 is 0 Å². The summed E-state index contributed by atoms with van der Waals surface area (Å²) in [5.41, 5.74) is 0.942. The van der Waals surface area contributed by atoms with Gasteiger partial charge in [-0.05, 0) is 30.7 Å². The predicted octanol–water partition coefficient (Wildman–Crippen LogP) is 2.27. The molecule has 1 aromatic rings. The fourth-order valence-electron chi connectivity index (χ4n) is 1.02. The van der Waals surface area contributed by atoms with Crippen LogP contribution in [0.1, 0.15) is 6.42 Å². The molecular weight excluding hydrogens is 169 g/mol. The lowest BCUT2D eigenvalue weighted by Gasteiger charge is -2.04. The van der Waals surface area contributed by atoms with Gasteiger partial charge in [0.1, 0.15) is 5.82 Å². The Morgan fingerprint density at radius 2 is 2.00 bits per heavy atom. The third-order valence-electron chi connectivity index (χ3n) is 1.70. The van der Waals surface area contributed by atoms with Crippen molar-refractivity contribution >= 4 is 5.69 Å². The zero-order valence-electron chi connectivity index (χ0n) is 7.72. The third-order valence-corrected chi connectivity index (χ3v) is 1.70. The minimum absolute atomic E-state index is 0.206. The topological polar surface area (TPSA) is 21.3 Å². The molecule has 0 saturated heterocycles.